The minimum absolute atomic E-state index is 0.0218. The lowest BCUT2D eigenvalue weighted by molar-refractivity contribution is -0.117. The number of nitriles is 1. The summed E-state index contributed by atoms with van der Waals surface area (Å²) in [7, 11) is 0. The summed E-state index contributed by atoms with van der Waals surface area (Å²) in [5, 5.41) is 8.86. The van der Waals surface area contributed by atoms with E-state index in [2.05, 4.69) is 14.9 Å². The topological polar surface area (TPSA) is 95.9 Å². The van der Waals surface area contributed by atoms with Gasteiger partial charge in [-0.05, 0) is 31.4 Å². The van der Waals surface area contributed by atoms with E-state index in [1.54, 1.807) is 18.2 Å². The van der Waals surface area contributed by atoms with E-state index in [0.29, 0.717) is 22.9 Å². The van der Waals surface area contributed by atoms with Crippen LogP contribution < -0.4 is 10.6 Å². The highest BCUT2D eigenvalue weighted by atomic mass is 19.1. The summed E-state index contributed by atoms with van der Waals surface area (Å²) >= 11 is 0. The molecule has 0 aliphatic carbocycles. The molecule has 2 aromatic rings. The number of hydrogen-bond donors (Lipinski definition) is 1. The fourth-order valence-electron chi connectivity index (χ4n) is 2.92. The molecule has 0 radical (unpaired) electrons. The predicted octanol–water partition coefficient (Wildman–Crippen LogP) is 2.17. The molecule has 1 amide bonds. The van der Waals surface area contributed by atoms with Crippen LogP contribution in [0.4, 0.5) is 10.2 Å². The first kappa shape index (κ1) is 16.8. The summed E-state index contributed by atoms with van der Waals surface area (Å²) < 4.78 is 14.0. The first-order chi connectivity index (χ1) is 12.1. The van der Waals surface area contributed by atoms with Crippen LogP contribution in [0.25, 0.3) is 11.3 Å². The standard InChI is InChI=1S/C18H18FN5O/c19-14-8-12(4-5-13(14)11-20)15-9-18(24-6-2-1-3-7-24)23-17(22-15)10-16(21)25/h4-5,8-9H,1-3,6-7,10H2,(H2,21,25). The van der Waals surface area contributed by atoms with Gasteiger partial charge >= 0.3 is 0 Å². The molecule has 6 nitrogen and oxygen atoms in total. The molecule has 0 saturated carbocycles. The lowest BCUT2D eigenvalue weighted by atomic mass is 10.1. The van der Waals surface area contributed by atoms with Crippen molar-refractivity contribution in [2.75, 3.05) is 18.0 Å². The number of halogens is 1. The maximum absolute atomic E-state index is 14.0. The van der Waals surface area contributed by atoms with Gasteiger partial charge in [0.2, 0.25) is 5.91 Å². The third-order valence-electron chi connectivity index (χ3n) is 4.16. The number of rotatable bonds is 4. The molecule has 128 valence electrons. The van der Waals surface area contributed by atoms with E-state index in [9.17, 15) is 9.18 Å². The van der Waals surface area contributed by atoms with Crippen molar-refractivity contribution in [2.24, 2.45) is 5.73 Å². The zero-order valence-corrected chi connectivity index (χ0v) is 13.7. The molecular formula is C18H18FN5O. The minimum atomic E-state index is -0.602. The van der Waals surface area contributed by atoms with E-state index < -0.39 is 11.7 Å². The van der Waals surface area contributed by atoms with Crippen LogP contribution >= 0.6 is 0 Å². The normalized spacial score (nSPS) is 14.2. The van der Waals surface area contributed by atoms with Gasteiger partial charge < -0.3 is 10.6 Å². The molecule has 7 heteroatoms. The molecule has 0 spiro atoms. The quantitative estimate of drug-likeness (QED) is 0.921. The number of nitrogens with two attached hydrogens (primary N) is 1. The second-order valence-electron chi connectivity index (χ2n) is 6.02. The monoisotopic (exact) mass is 339 g/mol. The molecule has 0 bridgehead atoms. The third kappa shape index (κ3) is 3.91. The molecule has 3 rings (SSSR count). The molecule has 0 unspecified atom stereocenters. The van der Waals surface area contributed by atoms with Crippen molar-refractivity contribution >= 4 is 11.7 Å². The van der Waals surface area contributed by atoms with E-state index in [-0.39, 0.29) is 12.0 Å². The third-order valence-corrected chi connectivity index (χ3v) is 4.16. The SMILES string of the molecule is N#Cc1ccc(-c2cc(N3CCCCC3)nc(CC(N)=O)n2)cc1F. The van der Waals surface area contributed by atoms with Crippen molar-refractivity contribution in [2.45, 2.75) is 25.7 Å². The lowest BCUT2D eigenvalue weighted by Crippen LogP contribution is -2.30. The van der Waals surface area contributed by atoms with Gasteiger partial charge in [0.25, 0.3) is 0 Å². The smallest absolute Gasteiger partial charge is 0.225 e. The van der Waals surface area contributed by atoms with E-state index in [1.165, 1.54) is 18.6 Å². The average Bonchev–Trinajstić information content (AvgIpc) is 2.61. The number of carbonyl (C=O) groups is 1. The van der Waals surface area contributed by atoms with Crippen LogP contribution in [0.1, 0.15) is 30.7 Å². The van der Waals surface area contributed by atoms with Gasteiger partial charge in [0.15, 0.2) is 0 Å². The molecule has 1 fully saturated rings. The molecule has 1 aromatic heterocycles. The molecule has 1 aliphatic heterocycles. The van der Waals surface area contributed by atoms with Crippen molar-refractivity contribution in [1.29, 1.82) is 5.26 Å². The summed E-state index contributed by atoms with van der Waals surface area (Å²) in [5.41, 5.74) is 6.29. The number of hydrogen-bond acceptors (Lipinski definition) is 5. The summed E-state index contributed by atoms with van der Waals surface area (Å²) in [6.45, 7) is 1.77. The maximum Gasteiger partial charge on any atom is 0.225 e. The minimum Gasteiger partial charge on any atom is -0.369 e. The molecular weight excluding hydrogens is 321 g/mol. The fraction of sp³-hybridized carbons (Fsp3) is 0.333. The summed E-state index contributed by atoms with van der Waals surface area (Å²) in [6.07, 6.45) is 3.27. The van der Waals surface area contributed by atoms with Crippen LogP contribution in [0.3, 0.4) is 0 Å². The summed E-state index contributed by atoms with van der Waals surface area (Å²) in [6, 6.07) is 7.91. The Morgan fingerprint density at radius 3 is 2.64 bits per heavy atom. The Morgan fingerprint density at radius 2 is 2.00 bits per heavy atom. The van der Waals surface area contributed by atoms with Gasteiger partial charge in [-0.15, -0.1) is 0 Å². The average molecular weight is 339 g/mol. The lowest BCUT2D eigenvalue weighted by Gasteiger charge is -2.28. The van der Waals surface area contributed by atoms with Gasteiger partial charge in [-0.3, -0.25) is 4.79 Å². The number of anilines is 1. The highest BCUT2D eigenvalue weighted by Gasteiger charge is 2.17. The summed E-state index contributed by atoms with van der Waals surface area (Å²) in [5.74, 6) is -0.0941. The molecule has 1 aliphatic rings. The van der Waals surface area contributed by atoms with E-state index >= 15 is 0 Å². The van der Waals surface area contributed by atoms with Gasteiger partial charge in [0.1, 0.15) is 23.5 Å². The number of primary amides is 1. The number of piperidine rings is 1. The number of carbonyl (C=O) groups excluding carboxylic acids is 1. The Bertz CT molecular complexity index is 840. The van der Waals surface area contributed by atoms with Gasteiger partial charge in [0, 0.05) is 24.7 Å². The number of nitrogens with zero attached hydrogens (tertiary/aromatic N) is 4. The van der Waals surface area contributed by atoms with Crippen molar-refractivity contribution < 1.29 is 9.18 Å². The maximum atomic E-state index is 14.0. The molecule has 1 aromatic carbocycles. The van der Waals surface area contributed by atoms with Crippen molar-refractivity contribution in [1.82, 2.24) is 9.97 Å². The highest BCUT2D eigenvalue weighted by molar-refractivity contribution is 5.76. The van der Waals surface area contributed by atoms with Crippen LogP contribution in [0, 0.1) is 17.1 Å². The molecule has 1 saturated heterocycles. The predicted molar refractivity (Wildman–Crippen MR) is 91.1 cm³/mol. The van der Waals surface area contributed by atoms with Crippen molar-refractivity contribution in [3.63, 3.8) is 0 Å². The zero-order valence-electron chi connectivity index (χ0n) is 13.7. The van der Waals surface area contributed by atoms with E-state index in [0.717, 1.165) is 25.9 Å². The molecule has 25 heavy (non-hydrogen) atoms. The Kier molecular flexibility index (Phi) is 4.89. The van der Waals surface area contributed by atoms with Gasteiger partial charge in [0.05, 0.1) is 17.7 Å². The Balaban J connectivity index is 2.03. The number of aromatic nitrogens is 2. The van der Waals surface area contributed by atoms with Crippen LogP contribution in [-0.2, 0) is 11.2 Å². The van der Waals surface area contributed by atoms with Gasteiger partial charge in [-0.2, -0.15) is 5.26 Å². The number of benzene rings is 1. The Morgan fingerprint density at radius 1 is 1.24 bits per heavy atom. The Labute approximate surface area is 145 Å². The van der Waals surface area contributed by atoms with Crippen molar-refractivity contribution in [3.05, 3.63) is 41.5 Å². The van der Waals surface area contributed by atoms with Gasteiger partial charge in [-0.1, -0.05) is 6.07 Å². The van der Waals surface area contributed by atoms with Gasteiger partial charge in [-0.25, -0.2) is 14.4 Å². The molecule has 2 heterocycles. The molecule has 0 atom stereocenters. The Hall–Kier alpha value is -3.01. The largest absolute Gasteiger partial charge is 0.369 e. The van der Waals surface area contributed by atoms with Crippen LogP contribution in [0.2, 0.25) is 0 Å². The van der Waals surface area contributed by atoms with Crippen LogP contribution in [-0.4, -0.2) is 29.0 Å². The number of amides is 1. The second-order valence-corrected chi connectivity index (χ2v) is 6.02. The van der Waals surface area contributed by atoms with Crippen molar-refractivity contribution in [3.8, 4) is 17.3 Å². The second kappa shape index (κ2) is 7.26. The highest BCUT2D eigenvalue weighted by Crippen LogP contribution is 2.25. The van der Waals surface area contributed by atoms with E-state index in [4.69, 9.17) is 11.0 Å². The fourth-order valence-corrected chi connectivity index (χ4v) is 2.92. The van der Waals surface area contributed by atoms with Crippen LogP contribution in [0.5, 0.6) is 0 Å². The first-order valence-electron chi connectivity index (χ1n) is 8.18. The van der Waals surface area contributed by atoms with E-state index in [1.807, 2.05) is 0 Å². The zero-order chi connectivity index (χ0) is 17.8. The first-order valence-corrected chi connectivity index (χ1v) is 8.18. The molecule has 2 N–H and O–H groups in total. The summed E-state index contributed by atoms with van der Waals surface area (Å²) in [4.78, 5) is 22.2. The van der Waals surface area contributed by atoms with Crippen LogP contribution in [0.15, 0.2) is 24.3 Å².